The average Bonchev–Trinajstić information content (AvgIpc) is 2.41. The van der Waals surface area contributed by atoms with Gasteiger partial charge in [-0.2, -0.15) is 13.2 Å². The standard InChI is InChI=1S/C14H10ClF3N2O/c15-11-6-1-8(7-12(11)19)13(21)20-10-4-2-9(3-5-10)14(16,17)18/h1-7H,19H2,(H,20,21). The Bertz CT molecular complexity index is 669. The summed E-state index contributed by atoms with van der Waals surface area (Å²) in [5, 5.41) is 2.80. The molecular formula is C14H10ClF3N2O. The number of alkyl halides is 3. The zero-order valence-corrected chi connectivity index (χ0v) is 11.3. The van der Waals surface area contributed by atoms with Gasteiger partial charge in [-0.05, 0) is 42.5 Å². The molecule has 2 aromatic carbocycles. The van der Waals surface area contributed by atoms with Crippen molar-refractivity contribution in [2.24, 2.45) is 0 Å². The summed E-state index contributed by atoms with van der Waals surface area (Å²) in [6.07, 6.45) is -4.41. The zero-order chi connectivity index (χ0) is 15.6. The van der Waals surface area contributed by atoms with Gasteiger partial charge in [0.1, 0.15) is 0 Å². The molecule has 0 atom stereocenters. The summed E-state index contributed by atoms with van der Waals surface area (Å²) >= 11 is 5.74. The Kier molecular flexibility index (Phi) is 4.09. The molecule has 0 bridgehead atoms. The minimum Gasteiger partial charge on any atom is -0.398 e. The molecule has 0 fully saturated rings. The predicted octanol–water partition coefficient (Wildman–Crippen LogP) is 4.19. The number of hydrogen-bond acceptors (Lipinski definition) is 2. The lowest BCUT2D eigenvalue weighted by atomic mass is 10.1. The summed E-state index contributed by atoms with van der Waals surface area (Å²) in [5.41, 5.74) is 5.56. The van der Waals surface area contributed by atoms with Crippen LogP contribution in [-0.4, -0.2) is 5.91 Å². The number of carbonyl (C=O) groups is 1. The van der Waals surface area contributed by atoms with Crippen molar-refractivity contribution in [1.29, 1.82) is 0 Å². The van der Waals surface area contributed by atoms with E-state index in [0.29, 0.717) is 5.02 Å². The Hall–Kier alpha value is -2.21. The van der Waals surface area contributed by atoms with Crippen molar-refractivity contribution in [3.63, 3.8) is 0 Å². The number of nitrogens with one attached hydrogen (secondary N) is 1. The van der Waals surface area contributed by atoms with E-state index >= 15 is 0 Å². The Balaban J connectivity index is 2.14. The Morgan fingerprint density at radius 3 is 2.24 bits per heavy atom. The van der Waals surface area contributed by atoms with Crippen LogP contribution in [0.15, 0.2) is 42.5 Å². The van der Waals surface area contributed by atoms with Crippen LogP contribution < -0.4 is 11.1 Å². The molecule has 110 valence electrons. The van der Waals surface area contributed by atoms with Crippen LogP contribution in [0.5, 0.6) is 0 Å². The van der Waals surface area contributed by atoms with Crippen molar-refractivity contribution in [3.05, 3.63) is 58.6 Å². The molecule has 0 aliphatic heterocycles. The van der Waals surface area contributed by atoms with Crippen LogP contribution >= 0.6 is 11.6 Å². The Morgan fingerprint density at radius 2 is 1.71 bits per heavy atom. The molecule has 0 aromatic heterocycles. The van der Waals surface area contributed by atoms with E-state index in [-0.39, 0.29) is 16.9 Å². The van der Waals surface area contributed by atoms with Crippen molar-refractivity contribution in [2.45, 2.75) is 6.18 Å². The Morgan fingerprint density at radius 1 is 1.10 bits per heavy atom. The maximum Gasteiger partial charge on any atom is 0.416 e. The molecule has 1 amide bonds. The van der Waals surface area contributed by atoms with Crippen LogP contribution in [0.3, 0.4) is 0 Å². The van der Waals surface area contributed by atoms with E-state index in [0.717, 1.165) is 12.1 Å². The highest BCUT2D eigenvalue weighted by atomic mass is 35.5. The molecule has 0 spiro atoms. The summed E-state index contributed by atoms with van der Waals surface area (Å²) in [5.74, 6) is -0.488. The van der Waals surface area contributed by atoms with Gasteiger partial charge < -0.3 is 11.1 Å². The molecule has 0 saturated carbocycles. The summed E-state index contributed by atoms with van der Waals surface area (Å²) in [6.45, 7) is 0. The van der Waals surface area contributed by atoms with Crippen molar-refractivity contribution < 1.29 is 18.0 Å². The van der Waals surface area contributed by atoms with Crippen LogP contribution in [0.2, 0.25) is 5.02 Å². The van der Waals surface area contributed by atoms with E-state index in [2.05, 4.69) is 5.32 Å². The van der Waals surface area contributed by atoms with Crippen molar-refractivity contribution >= 4 is 28.9 Å². The van der Waals surface area contributed by atoms with Gasteiger partial charge in [-0.3, -0.25) is 4.79 Å². The van der Waals surface area contributed by atoms with Crippen LogP contribution in [-0.2, 0) is 6.18 Å². The number of rotatable bonds is 2. The van der Waals surface area contributed by atoms with Crippen LogP contribution in [0.25, 0.3) is 0 Å². The lowest BCUT2D eigenvalue weighted by Gasteiger charge is -2.09. The van der Waals surface area contributed by atoms with Crippen molar-refractivity contribution in [2.75, 3.05) is 11.1 Å². The number of halogens is 4. The SMILES string of the molecule is Nc1cc(C(=O)Nc2ccc(C(F)(F)F)cc2)ccc1Cl. The molecule has 0 radical (unpaired) electrons. The highest BCUT2D eigenvalue weighted by molar-refractivity contribution is 6.33. The first kappa shape index (κ1) is 15.2. The van der Waals surface area contributed by atoms with Crippen molar-refractivity contribution in [3.8, 4) is 0 Å². The quantitative estimate of drug-likeness (QED) is 0.816. The number of amides is 1. The first-order valence-electron chi connectivity index (χ1n) is 5.81. The van der Waals surface area contributed by atoms with Crippen LogP contribution in [0.4, 0.5) is 24.5 Å². The summed E-state index contributed by atoms with van der Waals surface area (Å²) in [6, 6.07) is 8.48. The van der Waals surface area contributed by atoms with Gasteiger partial charge >= 0.3 is 6.18 Å². The van der Waals surface area contributed by atoms with E-state index in [4.69, 9.17) is 17.3 Å². The molecule has 7 heteroatoms. The van der Waals surface area contributed by atoms with Gasteiger partial charge in [-0.1, -0.05) is 11.6 Å². The van der Waals surface area contributed by atoms with E-state index in [1.165, 1.54) is 30.3 Å². The summed E-state index contributed by atoms with van der Waals surface area (Å²) < 4.78 is 37.2. The number of nitrogen functional groups attached to an aromatic ring is 1. The van der Waals surface area contributed by atoms with Gasteiger partial charge in [0.25, 0.3) is 5.91 Å². The van der Waals surface area contributed by atoms with E-state index in [9.17, 15) is 18.0 Å². The molecule has 2 aromatic rings. The smallest absolute Gasteiger partial charge is 0.398 e. The first-order valence-corrected chi connectivity index (χ1v) is 6.19. The molecule has 3 N–H and O–H groups in total. The second-order valence-corrected chi connectivity index (χ2v) is 4.67. The molecule has 3 nitrogen and oxygen atoms in total. The molecule has 0 unspecified atom stereocenters. The predicted molar refractivity (Wildman–Crippen MR) is 75.3 cm³/mol. The fraction of sp³-hybridized carbons (Fsp3) is 0.0714. The number of benzene rings is 2. The second kappa shape index (κ2) is 5.65. The monoisotopic (exact) mass is 314 g/mol. The molecule has 0 aliphatic rings. The Labute approximate surface area is 123 Å². The zero-order valence-electron chi connectivity index (χ0n) is 10.5. The molecule has 2 rings (SSSR count). The number of anilines is 2. The fourth-order valence-corrected chi connectivity index (χ4v) is 1.75. The minimum absolute atomic E-state index is 0.247. The first-order chi connectivity index (χ1) is 9.77. The van der Waals surface area contributed by atoms with Gasteiger partial charge in [0.15, 0.2) is 0 Å². The third-order valence-corrected chi connectivity index (χ3v) is 3.07. The number of hydrogen-bond donors (Lipinski definition) is 2. The summed E-state index contributed by atoms with van der Waals surface area (Å²) in [7, 11) is 0. The fourth-order valence-electron chi connectivity index (χ4n) is 1.63. The molecule has 0 saturated heterocycles. The normalized spacial score (nSPS) is 11.2. The van der Waals surface area contributed by atoms with Crippen LogP contribution in [0, 0.1) is 0 Å². The van der Waals surface area contributed by atoms with E-state index < -0.39 is 17.6 Å². The molecular weight excluding hydrogens is 305 g/mol. The van der Waals surface area contributed by atoms with Crippen molar-refractivity contribution in [1.82, 2.24) is 0 Å². The van der Waals surface area contributed by atoms with Gasteiger partial charge in [0.2, 0.25) is 0 Å². The van der Waals surface area contributed by atoms with Gasteiger partial charge in [-0.25, -0.2) is 0 Å². The van der Waals surface area contributed by atoms with E-state index in [1.54, 1.807) is 0 Å². The van der Waals surface area contributed by atoms with Gasteiger partial charge in [0, 0.05) is 11.3 Å². The largest absolute Gasteiger partial charge is 0.416 e. The maximum absolute atomic E-state index is 12.4. The average molecular weight is 315 g/mol. The number of carbonyl (C=O) groups excluding carboxylic acids is 1. The summed E-state index contributed by atoms with van der Waals surface area (Å²) in [4.78, 5) is 11.9. The maximum atomic E-state index is 12.4. The topological polar surface area (TPSA) is 55.1 Å². The lowest BCUT2D eigenvalue weighted by Crippen LogP contribution is -2.12. The molecule has 0 aliphatic carbocycles. The third-order valence-electron chi connectivity index (χ3n) is 2.73. The van der Waals surface area contributed by atoms with Gasteiger partial charge in [-0.15, -0.1) is 0 Å². The number of nitrogens with two attached hydrogens (primary N) is 1. The second-order valence-electron chi connectivity index (χ2n) is 4.27. The lowest BCUT2D eigenvalue weighted by molar-refractivity contribution is -0.137. The molecule has 0 heterocycles. The highest BCUT2D eigenvalue weighted by Gasteiger charge is 2.29. The van der Waals surface area contributed by atoms with Gasteiger partial charge in [0.05, 0.1) is 16.3 Å². The van der Waals surface area contributed by atoms with E-state index in [1.807, 2.05) is 0 Å². The minimum atomic E-state index is -4.41. The highest BCUT2D eigenvalue weighted by Crippen LogP contribution is 2.30. The van der Waals surface area contributed by atoms with Crippen LogP contribution in [0.1, 0.15) is 15.9 Å². The molecule has 21 heavy (non-hydrogen) atoms. The third kappa shape index (κ3) is 3.66.